The van der Waals surface area contributed by atoms with Crippen LogP contribution in [0.2, 0.25) is 5.02 Å². The summed E-state index contributed by atoms with van der Waals surface area (Å²) in [6.45, 7) is 2.86. The van der Waals surface area contributed by atoms with E-state index in [-0.39, 0.29) is 40.2 Å². The van der Waals surface area contributed by atoms with Gasteiger partial charge in [0.2, 0.25) is 0 Å². The smallest absolute Gasteiger partial charge is 0.554 e. The van der Waals surface area contributed by atoms with E-state index in [2.05, 4.69) is 0 Å². The molecule has 0 aliphatic rings. The maximum atomic E-state index is 12.1. The molecule has 0 saturated heterocycles. The first kappa shape index (κ1) is 25.6. The number of rotatable bonds is 4. The molecular formula is C19H18ClNaO5S. The molecule has 0 aliphatic heterocycles. The fraction of sp³-hybridized carbons (Fsp3) is 0.158. The number of ketones is 1. The number of hydrogen-bond donors (Lipinski definition) is 0. The van der Waals surface area contributed by atoms with E-state index in [1.54, 1.807) is 24.3 Å². The quantitative estimate of drug-likeness (QED) is 0.293. The van der Waals surface area contributed by atoms with E-state index >= 15 is 0 Å². The summed E-state index contributed by atoms with van der Waals surface area (Å²) in [4.78, 5) is 20.6. The van der Waals surface area contributed by atoms with Crippen LogP contribution >= 0.6 is 11.6 Å². The average molecular weight is 417 g/mol. The van der Waals surface area contributed by atoms with E-state index in [4.69, 9.17) is 21.5 Å². The Morgan fingerprint density at radius 1 is 0.963 bits per heavy atom. The van der Waals surface area contributed by atoms with Crippen molar-refractivity contribution in [1.82, 2.24) is 0 Å². The number of carbonyl (C=O) groups excluding carboxylic acids is 2. The number of halogens is 1. The summed E-state index contributed by atoms with van der Waals surface area (Å²) in [5.74, 6) is -0.0791. The monoisotopic (exact) mass is 416 g/mol. The predicted octanol–water partition coefficient (Wildman–Crippen LogP) is -0.367. The van der Waals surface area contributed by atoms with E-state index in [1.165, 1.54) is 19.1 Å². The van der Waals surface area contributed by atoms with Crippen LogP contribution in [0.3, 0.4) is 0 Å². The van der Waals surface area contributed by atoms with Gasteiger partial charge in [-0.3, -0.25) is 4.79 Å². The Morgan fingerprint density at radius 3 is 1.74 bits per heavy atom. The SMILES string of the molecule is CC(=O)/C(=C(\C)c1ccc(Cl)cc1)c1ccc(S(C)(=O)=O)cc1.O=C[O-].[Na+]. The topological polar surface area (TPSA) is 91.3 Å². The van der Waals surface area contributed by atoms with Crippen molar-refractivity contribution in [3.05, 3.63) is 64.7 Å². The molecule has 0 saturated carbocycles. The van der Waals surface area contributed by atoms with Gasteiger partial charge in [0.25, 0.3) is 0 Å². The summed E-state index contributed by atoms with van der Waals surface area (Å²) in [5.41, 5.74) is 2.97. The molecule has 27 heavy (non-hydrogen) atoms. The first-order valence-electron chi connectivity index (χ1n) is 7.45. The second-order valence-corrected chi connectivity index (χ2v) is 7.91. The first-order chi connectivity index (χ1) is 12.1. The molecule has 0 heterocycles. The van der Waals surface area contributed by atoms with Crippen molar-refractivity contribution in [2.45, 2.75) is 18.7 Å². The molecule has 0 bridgehead atoms. The molecule has 2 aromatic carbocycles. The van der Waals surface area contributed by atoms with Crippen molar-refractivity contribution in [3.8, 4) is 0 Å². The Hall–Kier alpha value is -1.44. The molecule has 0 unspecified atom stereocenters. The maximum Gasteiger partial charge on any atom is 1.00 e. The van der Waals surface area contributed by atoms with Crippen LogP contribution in [0.25, 0.3) is 11.1 Å². The number of sulfone groups is 1. The van der Waals surface area contributed by atoms with Gasteiger partial charge in [-0.2, -0.15) is 0 Å². The number of benzene rings is 2. The third-order valence-corrected chi connectivity index (χ3v) is 4.96. The van der Waals surface area contributed by atoms with Crippen LogP contribution in [0.5, 0.6) is 0 Å². The zero-order chi connectivity index (χ0) is 19.9. The largest absolute Gasteiger partial charge is 1.00 e. The van der Waals surface area contributed by atoms with E-state index in [0.717, 1.165) is 17.4 Å². The second-order valence-electron chi connectivity index (χ2n) is 5.46. The number of allylic oxidation sites excluding steroid dienone is 2. The van der Waals surface area contributed by atoms with Crippen LogP contribution < -0.4 is 34.7 Å². The average Bonchev–Trinajstić information content (AvgIpc) is 2.55. The summed E-state index contributed by atoms with van der Waals surface area (Å²) < 4.78 is 23.1. The van der Waals surface area contributed by atoms with Gasteiger partial charge in [-0.25, -0.2) is 8.42 Å². The van der Waals surface area contributed by atoms with Crippen molar-refractivity contribution in [3.63, 3.8) is 0 Å². The molecule has 138 valence electrons. The van der Waals surface area contributed by atoms with Crippen LogP contribution in [0, 0.1) is 0 Å². The molecule has 0 spiro atoms. The molecule has 2 aromatic rings. The summed E-state index contributed by atoms with van der Waals surface area (Å²) >= 11 is 5.90. The Morgan fingerprint density at radius 2 is 1.37 bits per heavy atom. The van der Waals surface area contributed by atoms with Crippen molar-refractivity contribution < 1.29 is 52.7 Å². The molecule has 0 N–H and O–H groups in total. The standard InChI is InChI=1S/C18H17ClO3S.CH2O2.Na/c1-12(14-4-8-16(19)9-5-14)18(13(2)20)15-6-10-17(11-7-15)23(3,21)22;2-1-3;/h4-11H,1-3H3;1H,(H,2,3);/q;;+1/p-1/b18-12-;;. The van der Waals surface area contributed by atoms with Gasteiger partial charge in [0.05, 0.1) is 4.90 Å². The van der Waals surface area contributed by atoms with Crippen LogP contribution in [-0.4, -0.2) is 26.9 Å². The predicted molar refractivity (Wildman–Crippen MR) is 100 cm³/mol. The normalized spacial score (nSPS) is 11.3. The summed E-state index contributed by atoms with van der Waals surface area (Å²) in [6, 6.07) is 13.6. The van der Waals surface area contributed by atoms with Gasteiger partial charge in [0.15, 0.2) is 15.6 Å². The van der Waals surface area contributed by atoms with Gasteiger partial charge >= 0.3 is 29.6 Å². The number of hydrogen-bond acceptors (Lipinski definition) is 5. The Labute approximate surface area is 186 Å². The molecular weight excluding hydrogens is 399 g/mol. The van der Waals surface area contributed by atoms with Gasteiger partial charge in [-0.05, 0) is 54.8 Å². The molecule has 0 aliphatic carbocycles. The van der Waals surface area contributed by atoms with E-state index < -0.39 is 16.3 Å². The molecule has 0 radical (unpaired) electrons. The third kappa shape index (κ3) is 7.60. The van der Waals surface area contributed by atoms with Crippen molar-refractivity contribution in [2.24, 2.45) is 0 Å². The molecule has 0 aromatic heterocycles. The van der Waals surface area contributed by atoms with Crippen molar-refractivity contribution in [2.75, 3.05) is 6.26 Å². The van der Waals surface area contributed by atoms with Crippen LogP contribution in [0.15, 0.2) is 53.4 Å². The molecule has 0 amide bonds. The summed E-state index contributed by atoms with van der Waals surface area (Å²) in [7, 11) is -3.26. The van der Waals surface area contributed by atoms with Gasteiger partial charge < -0.3 is 9.90 Å². The van der Waals surface area contributed by atoms with Crippen LogP contribution in [0.1, 0.15) is 25.0 Å². The van der Waals surface area contributed by atoms with Gasteiger partial charge in [0.1, 0.15) is 0 Å². The Bertz CT molecular complexity index is 918. The minimum atomic E-state index is -3.26. The molecule has 2 rings (SSSR count). The van der Waals surface area contributed by atoms with Gasteiger partial charge in [0, 0.05) is 23.3 Å². The number of Topliss-reactive ketones (excluding diaryl/α,β-unsaturated/α-hetero) is 1. The summed E-state index contributed by atoms with van der Waals surface area (Å²) in [5, 5.41) is 8.88. The van der Waals surface area contributed by atoms with E-state index in [9.17, 15) is 13.2 Å². The van der Waals surface area contributed by atoms with Crippen molar-refractivity contribution in [1.29, 1.82) is 0 Å². The second kappa shape index (κ2) is 11.4. The van der Waals surface area contributed by atoms with Crippen LogP contribution in [-0.2, 0) is 19.4 Å². The zero-order valence-electron chi connectivity index (χ0n) is 15.5. The first-order valence-corrected chi connectivity index (χ1v) is 9.72. The fourth-order valence-electron chi connectivity index (χ4n) is 2.40. The fourth-order valence-corrected chi connectivity index (χ4v) is 3.15. The van der Waals surface area contributed by atoms with Crippen LogP contribution in [0.4, 0.5) is 0 Å². The number of carbonyl (C=O) groups is 2. The van der Waals surface area contributed by atoms with Crippen molar-refractivity contribution >= 4 is 44.8 Å². The van der Waals surface area contributed by atoms with Gasteiger partial charge in [-0.15, -0.1) is 0 Å². The Balaban J connectivity index is 0.00000158. The number of carboxylic acid groups (broad SMARTS) is 1. The molecule has 8 heteroatoms. The maximum absolute atomic E-state index is 12.1. The third-order valence-electron chi connectivity index (χ3n) is 3.58. The molecule has 0 atom stereocenters. The minimum Gasteiger partial charge on any atom is -0.554 e. The Kier molecular flexibility index (Phi) is 10.8. The molecule has 0 fully saturated rings. The van der Waals surface area contributed by atoms with Gasteiger partial charge in [-0.1, -0.05) is 35.9 Å². The molecule has 5 nitrogen and oxygen atoms in total. The van der Waals surface area contributed by atoms with E-state index in [1.807, 2.05) is 19.1 Å². The minimum absolute atomic E-state index is 0. The summed E-state index contributed by atoms with van der Waals surface area (Å²) in [6.07, 6.45) is 1.16. The zero-order valence-corrected chi connectivity index (χ0v) is 19.1. The van der Waals surface area contributed by atoms with E-state index in [0.29, 0.717) is 16.2 Å².